The summed E-state index contributed by atoms with van der Waals surface area (Å²) in [6.45, 7) is 15.5. The molecule has 0 radical (unpaired) electrons. The molecular formula is C17H30N2O2. The third kappa shape index (κ3) is 3.86. The summed E-state index contributed by atoms with van der Waals surface area (Å²) in [5.41, 5.74) is -1.15. The lowest BCUT2D eigenvalue weighted by Gasteiger charge is -2.38. The molecule has 120 valence electrons. The summed E-state index contributed by atoms with van der Waals surface area (Å²) in [4.78, 5) is 24.7. The summed E-state index contributed by atoms with van der Waals surface area (Å²) in [5, 5.41) is 6.02. The van der Waals surface area contributed by atoms with Crippen molar-refractivity contribution in [2.75, 3.05) is 0 Å². The summed E-state index contributed by atoms with van der Waals surface area (Å²) in [6, 6.07) is 0. The maximum Gasteiger partial charge on any atom is 0.246 e. The summed E-state index contributed by atoms with van der Waals surface area (Å²) in [5.74, 6) is 0.590. The third-order valence-electron chi connectivity index (χ3n) is 4.52. The molecule has 0 bridgehead atoms. The molecule has 0 aliphatic heterocycles. The molecule has 2 N–H and O–H groups in total. The number of amides is 2. The minimum atomic E-state index is -0.827. The Morgan fingerprint density at radius 2 is 1.90 bits per heavy atom. The van der Waals surface area contributed by atoms with Gasteiger partial charge in [-0.15, -0.1) is 6.58 Å². The summed E-state index contributed by atoms with van der Waals surface area (Å²) in [6.07, 6.45) is 3.25. The van der Waals surface area contributed by atoms with Crippen molar-refractivity contribution in [2.24, 2.45) is 17.8 Å². The fourth-order valence-electron chi connectivity index (χ4n) is 3.51. The molecule has 3 unspecified atom stereocenters. The minimum Gasteiger partial charge on any atom is -0.349 e. The van der Waals surface area contributed by atoms with Gasteiger partial charge in [0.2, 0.25) is 11.8 Å². The van der Waals surface area contributed by atoms with E-state index in [1.54, 1.807) is 0 Å². The zero-order valence-corrected chi connectivity index (χ0v) is 14.2. The molecule has 4 heteroatoms. The van der Waals surface area contributed by atoms with Gasteiger partial charge < -0.3 is 10.6 Å². The van der Waals surface area contributed by atoms with Crippen LogP contribution >= 0.6 is 0 Å². The maximum atomic E-state index is 12.9. The second-order valence-corrected chi connectivity index (χ2v) is 7.53. The SMILES string of the molecule is C=CCC1C(C)[C@H](C)CC1(NC(C)=O)C(=O)NC(C)(C)C. The topological polar surface area (TPSA) is 58.2 Å². The maximum absolute atomic E-state index is 12.9. The molecule has 2 amide bonds. The lowest BCUT2D eigenvalue weighted by Crippen LogP contribution is -2.63. The van der Waals surface area contributed by atoms with E-state index in [1.165, 1.54) is 6.92 Å². The highest BCUT2D eigenvalue weighted by Gasteiger charge is 2.55. The normalized spacial score (nSPS) is 32.6. The monoisotopic (exact) mass is 294 g/mol. The first kappa shape index (κ1) is 17.7. The van der Waals surface area contributed by atoms with Gasteiger partial charge in [-0.2, -0.15) is 0 Å². The van der Waals surface area contributed by atoms with E-state index < -0.39 is 5.54 Å². The van der Waals surface area contributed by atoms with Crippen LogP contribution in [0.5, 0.6) is 0 Å². The molecular weight excluding hydrogens is 264 g/mol. The van der Waals surface area contributed by atoms with E-state index in [0.29, 0.717) is 18.3 Å². The first-order chi connectivity index (χ1) is 9.53. The van der Waals surface area contributed by atoms with Crippen molar-refractivity contribution >= 4 is 11.8 Å². The highest BCUT2D eigenvalue weighted by molar-refractivity contribution is 5.92. The third-order valence-corrected chi connectivity index (χ3v) is 4.52. The zero-order valence-electron chi connectivity index (χ0n) is 14.2. The molecule has 4 atom stereocenters. The Morgan fingerprint density at radius 1 is 1.33 bits per heavy atom. The quantitative estimate of drug-likeness (QED) is 0.783. The molecule has 0 aromatic heterocycles. The average Bonchev–Trinajstić information content (AvgIpc) is 2.52. The standard InChI is InChI=1S/C17H30N2O2/c1-8-9-14-12(3)11(2)10-17(14,18-13(4)20)15(21)19-16(5,6)7/h8,11-12,14H,1,9-10H2,2-7H3,(H,18,20)(H,19,21)/t11-,12?,14?,17?/m1/s1. The molecule has 0 heterocycles. The second-order valence-electron chi connectivity index (χ2n) is 7.53. The van der Waals surface area contributed by atoms with Crippen molar-refractivity contribution in [1.82, 2.24) is 10.6 Å². The van der Waals surface area contributed by atoms with Gasteiger partial charge in [0.15, 0.2) is 0 Å². The van der Waals surface area contributed by atoms with Crippen LogP contribution in [0.1, 0.15) is 54.4 Å². The Morgan fingerprint density at radius 3 is 2.33 bits per heavy atom. The zero-order chi connectivity index (χ0) is 16.4. The van der Waals surface area contributed by atoms with Crippen LogP contribution in [0.4, 0.5) is 0 Å². The molecule has 1 saturated carbocycles. The number of carbonyl (C=O) groups is 2. The van der Waals surface area contributed by atoms with Crippen LogP contribution in [0.25, 0.3) is 0 Å². The van der Waals surface area contributed by atoms with Crippen LogP contribution < -0.4 is 10.6 Å². The molecule has 0 aromatic carbocycles. The molecule has 0 saturated heterocycles. The van der Waals surface area contributed by atoms with E-state index in [2.05, 4.69) is 31.1 Å². The van der Waals surface area contributed by atoms with Crippen molar-refractivity contribution in [3.8, 4) is 0 Å². The number of nitrogens with one attached hydrogen (secondary N) is 2. The van der Waals surface area contributed by atoms with E-state index in [4.69, 9.17) is 0 Å². The molecule has 1 aliphatic rings. The number of rotatable bonds is 4. The Kier molecular flexibility index (Phi) is 5.24. The second kappa shape index (κ2) is 6.20. The van der Waals surface area contributed by atoms with Gasteiger partial charge in [-0.1, -0.05) is 19.9 Å². The van der Waals surface area contributed by atoms with Crippen LogP contribution in [0, 0.1) is 17.8 Å². The molecule has 4 nitrogen and oxygen atoms in total. The molecule has 0 spiro atoms. The minimum absolute atomic E-state index is 0.0757. The number of allylic oxidation sites excluding steroid dienone is 1. The summed E-state index contributed by atoms with van der Waals surface area (Å²) < 4.78 is 0. The molecule has 21 heavy (non-hydrogen) atoms. The van der Waals surface area contributed by atoms with E-state index in [9.17, 15) is 9.59 Å². The van der Waals surface area contributed by atoms with Crippen LogP contribution in [0.2, 0.25) is 0 Å². The highest BCUT2D eigenvalue weighted by atomic mass is 16.2. The highest BCUT2D eigenvalue weighted by Crippen LogP contribution is 2.46. The van der Waals surface area contributed by atoms with Crippen molar-refractivity contribution in [1.29, 1.82) is 0 Å². The Bertz CT molecular complexity index is 425. The number of hydrogen-bond acceptors (Lipinski definition) is 2. The lowest BCUT2D eigenvalue weighted by molar-refractivity contribution is -0.136. The van der Waals surface area contributed by atoms with Crippen LogP contribution in [0.3, 0.4) is 0 Å². The largest absolute Gasteiger partial charge is 0.349 e. The predicted molar refractivity (Wildman–Crippen MR) is 85.7 cm³/mol. The summed E-state index contributed by atoms with van der Waals surface area (Å²) >= 11 is 0. The molecule has 1 fully saturated rings. The lowest BCUT2D eigenvalue weighted by atomic mass is 9.79. The van der Waals surface area contributed by atoms with E-state index in [-0.39, 0.29) is 23.3 Å². The van der Waals surface area contributed by atoms with Crippen LogP contribution in [-0.2, 0) is 9.59 Å². The van der Waals surface area contributed by atoms with Gasteiger partial charge in [0.1, 0.15) is 5.54 Å². The Balaban J connectivity index is 3.21. The van der Waals surface area contributed by atoms with Crippen molar-refractivity contribution in [3.63, 3.8) is 0 Å². The van der Waals surface area contributed by atoms with Gasteiger partial charge in [-0.3, -0.25) is 9.59 Å². The Hall–Kier alpha value is -1.32. The van der Waals surface area contributed by atoms with Gasteiger partial charge >= 0.3 is 0 Å². The Labute approximate surface area is 128 Å². The fraction of sp³-hybridized carbons (Fsp3) is 0.765. The van der Waals surface area contributed by atoms with E-state index in [0.717, 1.165) is 6.42 Å². The molecule has 0 aromatic rings. The van der Waals surface area contributed by atoms with Gasteiger partial charge in [0, 0.05) is 12.5 Å². The van der Waals surface area contributed by atoms with Gasteiger partial charge in [-0.25, -0.2) is 0 Å². The molecule has 1 rings (SSSR count). The fourth-order valence-corrected chi connectivity index (χ4v) is 3.51. The van der Waals surface area contributed by atoms with E-state index in [1.807, 2.05) is 26.8 Å². The number of hydrogen-bond donors (Lipinski definition) is 2. The first-order valence-corrected chi connectivity index (χ1v) is 7.75. The first-order valence-electron chi connectivity index (χ1n) is 7.75. The van der Waals surface area contributed by atoms with Gasteiger partial charge in [0.25, 0.3) is 0 Å². The van der Waals surface area contributed by atoms with Gasteiger partial charge in [-0.05, 0) is 51.4 Å². The van der Waals surface area contributed by atoms with Crippen LogP contribution in [-0.4, -0.2) is 22.9 Å². The van der Waals surface area contributed by atoms with Gasteiger partial charge in [0.05, 0.1) is 0 Å². The van der Waals surface area contributed by atoms with Crippen molar-refractivity contribution in [2.45, 2.75) is 65.5 Å². The van der Waals surface area contributed by atoms with Crippen molar-refractivity contribution < 1.29 is 9.59 Å². The van der Waals surface area contributed by atoms with E-state index >= 15 is 0 Å². The summed E-state index contributed by atoms with van der Waals surface area (Å²) in [7, 11) is 0. The predicted octanol–water partition coefficient (Wildman–Crippen LogP) is 2.64. The number of carbonyl (C=O) groups excluding carboxylic acids is 2. The smallest absolute Gasteiger partial charge is 0.246 e. The van der Waals surface area contributed by atoms with Crippen LogP contribution in [0.15, 0.2) is 12.7 Å². The van der Waals surface area contributed by atoms with Crippen molar-refractivity contribution in [3.05, 3.63) is 12.7 Å². The average molecular weight is 294 g/mol. The molecule has 1 aliphatic carbocycles.